The van der Waals surface area contributed by atoms with Crippen molar-refractivity contribution in [2.45, 2.75) is 61.9 Å². The van der Waals surface area contributed by atoms with Gasteiger partial charge in [0.1, 0.15) is 5.65 Å². The van der Waals surface area contributed by atoms with Gasteiger partial charge in [-0.15, -0.1) is 0 Å². The molecule has 46 heavy (non-hydrogen) atoms. The number of ether oxygens (including phenoxy) is 1. The monoisotopic (exact) mass is 615 g/mol. The second-order valence-corrected chi connectivity index (χ2v) is 13.7. The largest absolute Gasteiger partial charge is 0.379 e. The molecule has 1 saturated carbocycles. The predicted molar refractivity (Wildman–Crippen MR) is 174 cm³/mol. The number of aryl methyl sites for hydroxylation is 1. The third-order valence-corrected chi connectivity index (χ3v) is 11.5. The third-order valence-electron chi connectivity index (χ3n) is 11.5. The molecule has 1 N–H and O–H groups in total. The summed E-state index contributed by atoms with van der Waals surface area (Å²) in [6.07, 6.45) is 14.0. The van der Waals surface area contributed by atoms with E-state index < -0.39 is 5.41 Å². The van der Waals surface area contributed by atoms with Crippen LogP contribution >= 0.6 is 0 Å². The van der Waals surface area contributed by atoms with Crippen molar-refractivity contribution in [1.82, 2.24) is 34.4 Å². The van der Waals surface area contributed by atoms with Gasteiger partial charge in [0.05, 0.1) is 66.0 Å². The molecule has 1 amide bonds. The highest BCUT2D eigenvalue weighted by Crippen LogP contribution is 2.55. The number of carbonyl (C=O) groups is 1. The number of nitrogens with one attached hydrogen (secondary N) is 1. The summed E-state index contributed by atoms with van der Waals surface area (Å²) in [6, 6.07) is 9.14. The Bertz CT molecular complexity index is 2060. The molecular formula is C35H37N9O2. The summed E-state index contributed by atoms with van der Waals surface area (Å²) in [5.41, 5.74) is 7.12. The number of piperidine rings is 1. The first-order valence-electron chi connectivity index (χ1n) is 16.4. The van der Waals surface area contributed by atoms with Gasteiger partial charge in [0.25, 0.3) is 0 Å². The lowest BCUT2D eigenvalue weighted by atomic mass is 9.68. The molecule has 2 saturated heterocycles. The first-order chi connectivity index (χ1) is 22.4. The average molecular weight is 616 g/mol. The molecule has 1 aromatic carbocycles. The van der Waals surface area contributed by atoms with Gasteiger partial charge in [0.15, 0.2) is 0 Å². The number of benzene rings is 1. The number of pyridine rings is 1. The van der Waals surface area contributed by atoms with E-state index in [-0.39, 0.29) is 17.5 Å². The summed E-state index contributed by atoms with van der Waals surface area (Å²) < 4.78 is 9.56. The van der Waals surface area contributed by atoms with E-state index >= 15 is 0 Å². The topological polar surface area (TPSA) is 121 Å². The molecule has 3 aliphatic heterocycles. The quantitative estimate of drug-likeness (QED) is 0.293. The molecule has 0 bridgehead atoms. The summed E-state index contributed by atoms with van der Waals surface area (Å²) in [7, 11) is 3.85. The normalized spacial score (nSPS) is 22.2. The van der Waals surface area contributed by atoms with Gasteiger partial charge in [0, 0.05) is 73.0 Å². The molecule has 1 aliphatic carbocycles. The highest BCUT2D eigenvalue weighted by Gasteiger charge is 2.55. The van der Waals surface area contributed by atoms with Crippen molar-refractivity contribution in [1.29, 1.82) is 5.26 Å². The molecule has 1 spiro atoms. The number of nitriles is 1. The molecule has 4 aliphatic rings. The number of hydrogen-bond acceptors (Lipinski definition) is 7. The second-order valence-electron chi connectivity index (χ2n) is 13.7. The highest BCUT2D eigenvalue weighted by atomic mass is 16.5. The molecule has 11 nitrogen and oxygen atoms in total. The predicted octanol–water partition coefficient (Wildman–Crippen LogP) is 5.09. The lowest BCUT2D eigenvalue weighted by Gasteiger charge is -2.53. The van der Waals surface area contributed by atoms with Gasteiger partial charge in [-0.3, -0.25) is 19.1 Å². The van der Waals surface area contributed by atoms with Crippen LogP contribution in [0.3, 0.4) is 0 Å². The van der Waals surface area contributed by atoms with Crippen LogP contribution < -0.4 is 4.90 Å². The van der Waals surface area contributed by atoms with E-state index in [0.29, 0.717) is 13.0 Å². The molecule has 9 rings (SSSR count). The van der Waals surface area contributed by atoms with E-state index in [1.807, 2.05) is 46.9 Å². The number of hydrogen-bond donors (Lipinski definition) is 1. The highest BCUT2D eigenvalue weighted by molar-refractivity contribution is 6.16. The smallest absolute Gasteiger partial charge is 0.237 e. The van der Waals surface area contributed by atoms with E-state index in [2.05, 4.69) is 45.4 Å². The molecule has 7 heterocycles. The molecule has 1 atom stereocenters. The minimum Gasteiger partial charge on any atom is -0.379 e. The number of amides is 1. The number of likely N-dealkylation sites (N-methyl/N-ethyl adjacent to an activating group) is 1. The van der Waals surface area contributed by atoms with Crippen LogP contribution in [-0.2, 0) is 22.0 Å². The SMILES string of the molecule is CN1C(=O)C2(CCN(C3(CC#N)CCC3)CC2)c2c1cnc1[nH]c(-c3cnn(C4CCOC4)c3)c(-c3ccc4c(cnn4C)c3)c21. The van der Waals surface area contributed by atoms with Crippen LogP contribution in [0.2, 0.25) is 0 Å². The van der Waals surface area contributed by atoms with E-state index in [4.69, 9.17) is 14.8 Å². The van der Waals surface area contributed by atoms with Crippen LogP contribution in [-0.4, -0.2) is 79.2 Å². The number of aromatic amines is 1. The van der Waals surface area contributed by atoms with Gasteiger partial charge < -0.3 is 14.6 Å². The van der Waals surface area contributed by atoms with Gasteiger partial charge in [-0.05, 0) is 56.2 Å². The Kier molecular flexibility index (Phi) is 6.02. The lowest BCUT2D eigenvalue weighted by Crippen LogP contribution is -2.59. The van der Waals surface area contributed by atoms with Crippen LogP contribution in [0.25, 0.3) is 44.3 Å². The maximum absolute atomic E-state index is 14.4. The molecule has 0 radical (unpaired) electrons. The number of rotatable bonds is 5. The van der Waals surface area contributed by atoms with Gasteiger partial charge >= 0.3 is 0 Å². The van der Waals surface area contributed by atoms with Crippen LogP contribution in [0.5, 0.6) is 0 Å². The minimum absolute atomic E-state index is 0.0314. The molecule has 11 heteroatoms. The lowest BCUT2D eigenvalue weighted by molar-refractivity contribution is -0.126. The third kappa shape index (κ3) is 3.77. The first kappa shape index (κ1) is 27.8. The van der Waals surface area contributed by atoms with E-state index in [0.717, 1.165) is 107 Å². The maximum Gasteiger partial charge on any atom is 0.237 e. The van der Waals surface area contributed by atoms with Crippen molar-refractivity contribution in [2.24, 2.45) is 7.05 Å². The van der Waals surface area contributed by atoms with E-state index in [1.165, 1.54) is 6.42 Å². The van der Waals surface area contributed by atoms with Gasteiger partial charge in [-0.2, -0.15) is 15.5 Å². The van der Waals surface area contributed by atoms with Crippen LogP contribution in [0, 0.1) is 11.3 Å². The van der Waals surface area contributed by atoms with Crippen LogP contribution in [0.15, 0.2) is 43.0 Å². The summed E-state index contributed by atoms with van der Waals surface area (Å²) in [5.74, 6) is 0.143. The minimum atomic E-state index is -0.655. The second kappa shape index (κ2) is 9.98. The number of carbonyl (C=O) groups excluding carboxylic acids is 1. The Balaban J connectivity index is 1.24. The summed E-state index contributed by atoms with van der Waals surface area (Å²) in [4.78, 5) is 27.3. The van der Waals surface area contributed by atoms with Crippen LogP contribution in [0.4, 0.5) is 5.69 Å². The molecule has 1 unspecified atom stereocenters. The van der Waals surface area contributed by atoms with Crippen LogP contribution in [0.1, 0.15) is 56.6 Å². The fourth-order valence-electron chi connectivity index (χ4n) is 8.81. The number of aromatic nitrogens is 6. The summed E-state index contributed by atoms with van der Waals surface area (Å²) in [6.45, 7) is 3.01. The maximum atomic E-state index is 14.4. The number of likely N-dealkylation sites (tertiary alicyclic amines) is 1. The van der Waals surface area contributed by atoms with Gasteiger partial charge in [-0.25, -0.2) is 4.98 Å². The van der Waals surface area contributed by atoms with Crippen molar-refractivity contribution in [3.8, 4) is 28.5 Å². The summed E-state index contributed by atoms with van der Waals surface area (Å²) in [5, 5.41) is 21.0. The molecule has 234 valence electrons. The fourth-order valence-corrected chi connectivity index (χ4v) is 8.81. The zero-order chi connectivity index (χ0) is 31.2. The summed E-state index contributed by atoms with van der Waals surface area (Å²) >= 11 is 0. The average Bonchev–Trinajstić information content (AvgIpc) is 3.89. The number of H-pyrrole nitrogens is 1. The molecular weight excluding hydrogens is 578 g/mol. The Morgan fingerprint density at radius 1 is 1.09 bits per heavy atom. The Morgan fingerprint density at radius 3 is 2.67 bits per heavy atom. The zero-order valence-electron chi connectivity index (χ0n) is 26.3. The van der Waals surface area contributed by atoms with Crippen molar-refractivity contribution in [2.75, 3.05) is 38.3 Å². The van der Waals surface area contributed by atoms with E-state index in [1.54, 1.807) is 0 Å². The molecule has 4 aromatic heterocycles. The van der Waals surface area contributed by atoms with Crippen molar-refractivity contribution in [3.05, 3.63) is 48.5 Å². The van der Waals surface area contributed by atoms with Crippen molar-refractivity contribution < 1.29 is 9.53 Å². The van der Waals surface area contributed by atoms with Crippen molar-refractivity contribution >= 4 is 33.5 Å². The number of anilines is 1. The Labute approximate surface area is 266 Å². The number of fused-ring (bicyclic) bond motifs is 5. The zero-order valence-corrected chi connectivity index (χ0v) is 26.3. The Hall–Kier alpha value is -4.53. The molecule has 3 fully saturated rings. The standard InChI is InChI=1S/C35H37N9O2/c1-41-27-19-37-32-29(30(27)35(33(41)45)10-13-43(14-11-35)34(9-12-36)7-3-8-34)28(22-4-5-26-23(16-22)17-38-42(26)2)31(40-32)24-18-39-44(20-24)25-6-15-46-21-25/h4-5,16-20,25H,3,6-11,13-15,21H2,1-2H3,(H,37,40). The number of nitrogens with zero attached hydrogens (tertiary/aromatic N) is 8. The van der Waals surface area contributed by atoms with Gasteiger partial charge in [-0.1, -0.05) is 6.07 Å². The Morgan fingerprint density at radius 2 is 1.93 bits per heavy atom. The molecule has 5 aromatic rings. The fraction of sp³-hybridized carbons (Fsp3) is 0.457. The van der Waals surface area contributed by atoms with E-state index in [9.17, 15) is 10.1 Å². The first-order valence-corrected chi connectivity index (χ1v) is 16.4. The van der Waals surface area contributed by atoms with Gasteiger partial charge in [0.2, 0.25) is 5.91 Å². The van der Waals surface area contributed by atoms with Crippen molar-refractivity contribution in [3.63, 3.8) is 0 Å².